The highest BCUT2D eigenvalue weighted by Gasteiger charge is 2.15. The Morgan fingerprint density at radius 1 is 1.00 bits per heavy atom. The lowest BCUT2D eigenvalue weighted by Crippen LogP contribution is -2.27. The van der Waals surface area contributed by atoms with Crippen molar-refractivity contribution < 1.29 is 22.7 Å². The van der Waals surface area contributed by atoms with Crippen LogP contribution in [0.25, 0.3) is 0 Å². The van der Waals surface area contributed by atoms with Gasteiger partial charge in [-0.25, -0.2) is 13.1 Å². The van der Waals surface area contributed by atoms with Gasteiger partial charge in [-0.1, -0.05) is 12.1 Å². The first-order valence-electron chi connectivity index (χ1n) is 9.47. The van der Waals surface area contributed by atoms with Crippen molar-refractivity contribution in [1.29, 1.82) is 0 Å². The number of hydrogen-bond donors (Lipinski definition) is 2. The topological polar surface area (TPSA) is 102 Å². The maximum Gasteiger partial charge on any atom is 0.312 e. The van der Waals surface area contributed by atoms with Crippen molar-refractivity contribution in [2.24, 2.45) is 0 Å². The maximum absolute atomic E-state index is 12.3. The molecular formula is C22H22N2O5S2. The number of benzene rings is 2. The fourth-order valence-electron chi connectivity index (χ4n) is 2.64. The zero-order chi connectivity index (χ0) is 22.4. The molecule has 0 aliphatic heterocycles. The van der Waals surface area contributed by atoms with Gasteiger partial charge in [0.1, 0.15) is 5.75 Å². The molecular weight excluding hydrogens is 436 g/mol. The molecule has 0 saturated heterocycles. The Kier molecular flexibility index (Phi) is 7.21. The van der Waals surface area contributed by atoms with Crippen molar-refractivity contribution >= 4 is 38.9 Å². The van der Waals surface area contributed by atoms with Gasteiger partial charge in [-0.15, -0.1) is 11.3 Å². The summed E-state index contributed by atoms with van der Waals surface area (Å²) in [5.41, 5.74) is 2.44. The second-order valence-electron chi connectivity index (χ2n) is 6.82. The van der Waals surface area contributed by atoms with Gasteiger partial charge in [0.05, 0.1) is 16.2 Å². The molecule has 0 aliphatic rings. The van der Waals surface area contributed by atoms with Crippen LogP contribution in [0.5, 0.6) is 5.75 Å². The quantitative estimate of drug-likeness (QED) is 0.394. The third-order valence-corrected chi connectivity index (χ3v) is 6.83. The minimum Gasteiger partial charge on any atom is -0.426 e. The minimum atomic E-state index is -3.70. The smallest absolute Gasteiger partial charge is 0.312 e. The van der Waals surface area contributed by atoms with E-state index in [1.165, 1.54) is 17.4 Å². The first-order chi connectivity index (χ1) is 14.7. The van der Waals surface area contributed by atoms with Crippen LogP contribution in [0, 0.1) is 13.8 Å². The molecule has 0 aliphatic carbocycles. The number of sulfonamides is 1. The Labute approximate surface area is 185 Å². The number of rotatable bonds is 8. The lowest BCUT2D eigenvalue weighted by Gasteiger charge is -2.09. The number of carbonyl (C=O) groups excluding carboxylic acids is 2. The third kappa shape index (κ3) is 6.24. The highest BCUT2D eigenvalue weighted by molar-refractivity contribution is 7.89. The van der Waals surface area contributed by atoms with Crippen LogP contribution in [-0.2, 0) is 14.8 Å². The second-order valence-corrected chi connectivity index (χ2v) is 9.54. The number of nitrogens with one attached hydrogen (secondary N) is 2. The molecule has 2 aromatic carbocycles. The molecule has 0 bridgehead atoms. The van der Waals surface area contributed by atoms with Gasteiger partial charge in [0.15, 0.2) is 0 Å². The summed E-state index contributed by atoms with van der Waals surface area (Å²) in [5, 5.41) is 4.57. The van der Waals surface area contributed by atoms with Crippen LogP contribution in [0.1, 0.15) is 27.2 Å². The van der Waals surface area contributed by atoms with Crippen LogP contribution in [-0.4, -0.2) is 26.8 Å². The highest BCUT2D eigenvalue weighted by atomic mass is 32.2. The summed E-state index contributed by atoms with van der Waals surface area (Å²) in [6.07, 6.45) is -0.124. The van der Waals surface area contributed by atoms with E-state index >= 15 is 0 Å². The molecule has 0 unspecified atom stereocenters. The fraction of sp³-hybridized carbons (Fsp3) is 0.182. The van der Waals surface area contributed by atoms with Crippen LogP contribution >= 0.6 is 11.3 Å². The third-order valence-electron chi connectivity index (χ3n) is 4.50. The molecule has 162 valence electrons. The van der Waals surface area contributed by atoms with E-state index in [0.29, 0.717) is 16.3 Å². The standard InChI is InChI=1S/C22H22N2O5S2/c1-15-5-10-19(14-16(15)2)31(27,28)23-12-11-21(25)29-18-8-6-17(7-9-18)24-22(26)20-4-3-13-30-20/h3-10,13-14,23H,11-12H2,1-2H3,(H,24,26). The molecule has 0 spiro atoms. The zero-order valence-corrected chi connectivity index (χ0v) is 18.7. The van der Waals surface area contributed by atoms with Gasteiger partial charge in [0.2, 0.25) is 10.0 Å². The monoisotopic (exact) mass is 458 g/mol. The van der Waals surface area contributed by atoms with Crippen molar-refractivity contribution in [3.8, 4) is 5.75 Å². The van der Waals surface area contributed by atoms with Gasteiger partial charge in [-0.2, -0.15) is 0 Å². The van der Waals surface area contributed by atoms with E-state index in [-0.39, 0.29) is 23.8 Å². The van der Waals surface area contributed by atoms with Gasteiger partial charge in [-0.3, -0.25) is 9.59 Å². The maximum atomic E-state index is 12.3. The zero-order valence-electron chi connectivity index (χ0n) is 17.0. The summed E-state index contributed by atoms with van der Waals surface area (Å²) in [5.74, 6) is -0.481. The predicted octanol–water partition coefficient (Wildman–Crippen LogP) is 3.89. The number of esters is 1. The molecule has 1 amide bonds. The van der Waals surface area contributed by atoms with E-state index < -0.39 is 16.0 Å². The minimum absolute atomic E-state index is 0.0803. The van der Waals surface area contributed by atoms with Crippen molar-refractivity contribution in [2.75, 3.05) is 11.9 Å². The summed E-state index contributed by atoms with van der Waals surface area (Å²) < 4.78 is 32.3. The van der Waals surface area contributed by atoms with Crippen molar-refractivity contribution in [1.82, 2.24) is 4.72 Å². The fourth-order valence-corrected chi connectivity index (χ4v) is 4.38. The normalized spacial score (nSPS) is 11.2. The first-order valence-corrected chi connectivity index (χ1v) is 11.8. The molecule has 31 heavy (non-hydrogen) atoms. The largest absolute Gasteiger partial charge is 0.426 e. The van der Waals surface area contributed by atoms with Gasteiger partial charge in [-0.05, 0) is 72.8 Å². The van der Waals surface area contributed by atoms with Crippen LogP contribution in [0.4, 0.5) is 5.69 Å². The number of hydrogen-bond acceptors (Lipinski definition) is 6. The van der Waals surface area contributed by atoms with Crippen molar-refractivity contribution in [2.45, 2.75) is 25.2 Å². The van der Waals surface area contributed by atoms with Gasteiger partial charge < -0.3 is 10.1 Å². The number of carbonyl (C=O) groups is 2. The molecule has 0 atom stereocenters. The number of ether oxygens (including phenoxy) is 1. The number of thiophene rings is 1. The molecule has 0 radical (unpaired) electrons. The van der Waals surface area contributed by atoms with E-state index in [1.54, 1.807) is 48.5 Å². The Morgan fingerprint density at radius 3 is 2.39 bits per heavy atom. The molecule has 1 heterocycles. The number of amides is 1. The lowest BCUT2D eigenvalue weighted by atomic mass is 10.1. The molecule has 3 aromatic rings. The van der Waals surface area contributed by atoms with E-state index in [2.05, 4.69) is 10.0 Å². The molecule has 2 N–H and O–H groups in total. The van der Waals surface area contributed by atoms with Crippen molar-refractivity contribution in [3.63, 3.8) is 0 Å². The number of anilines is 1. The van der Waals surface area contributed by atoms with Crippen LogP contribution in [0.3, 0.4) is 0 Å². The van der Waals surface area contributed by atoms with E-state index in [4.69, 9.17) is 4.74 Å². The van der Waals surface area contributed by atoms with Crippen molar-refractivity contribution in [3.05, 3.63) is 76.0 Å². The average Bonchev–Trinajstić information content (AvgIpc) is 3.26. The van der Waals surface area contributed by atoms with Gasteiger partial charge >= 0.3 is 5.97 Å². The van der Waals surface area contributed by atoms with Crippen LogP contribution < -0.4 is 14.8 Å². The molecule has 3 rings (SSSR count). The van der Waals surface area contributed by atoms with Crippen LogP contribution in [0.15, 0.2) is 64.9 Å². The predicted molar refractivity (Wildman–Crippen MR) is 120 cm³/mol. The van der Waals surface area contributed by atoms with Gasteiger partial charge in [0, 0.05) is 12.2 Å². The summed E-state index contributed by atoms with van der Waals surface area (Å²) in [6, 6.07) is 14.7. The molecule has 7 nitrogen and oxygen atoms in total. The average molecular weight is 459 g/mol. The highest BCUT2D eigenvalue weighted by Crippen LogP contribution is 2.18. The Balaban J connectivity index is 1.48. The Hall–Kier alpha value is -3.01. The SMILES string of the molecule is Cc1ccc(S(=O)(=O)NCCC(=O)Oc2ccc(NC(=O)c3cccs3)cc2)cc1C. The first kappa shape index (κ1) is 22.7. The molecule has 0 fully saturated rings. The second kappa shape index (κ2) is 9.86. The summed E-state index contributed by atoms with van der Waals surface area (Å²) >= 11 is 1.34. The molecule has 1 aromatic heterocycles. The molecule has 9 heteroatoms. The van der Waals surface area contributed by atoms with Gasteiger partial charge in [0.25, 0.3) is 5.91 Å². The summed E-state index contributed by atoms with van der Waals surface area (Å²) in [7, 11) is -3.70. The Bertz CT molecular complexity index is 1170. The number of aryl methyl sites for hydroxylation is 2. The molecule has 0 saturated carbocycles. The van der Waals surface area contributed by atoms with E-state index in [0.717, 1.165) is 11.1 Å². The summed E-state index contributed by atoms with van der Waals surface area (Å²) in [6.45, 7) is 3.66. The van der Waals surface area contributed by atoms with Crippen LogP contribution in [0.2, 0.25) is 0 Å². The van der Waals surface area contributed by atoms with E-state index in [9.17, 15) is 18.0 Å². The van der Waals surface area contributed by atoms with E-state index in [1.807, 2.05) is 19.2 Å². The Morgan fingerprint density at radius 2 is 1.74 bits per heavy atom. The summed E-state index contributed by atoms with van der Waals surface area (Å²) in [4.78, 5) is 24.8. The lowest BCUT2D eigenvalue weighted by molar-refractivity contribution is -0.134.